The van der Waals surface area contributed by atoms with Crippen LogP contribution in [0.3, 0.4) is 0 Å². The van der Waals surface area contributed by atoms with Crippen molar-refractivity contribution in [1.29, 1.82) is 0 Å². The van der Waals surface area contributed by atoms with E-state index in [1.54, 1.807) is 12.1 Å². The lowest BCUT2D eigenvalue weighted by Gasteiger charge is -2.09. The lowest BCUT2D eigenvalue weighted by atomic mass is 10.1. The van der Waals surface area contributed by atoms with E-state index in [2.05, 4.69) is 41.8 Å². The van der Waals surface area contributed by atoms with Gasteiger partial charge in [0, 0.05) is 11.8 Å². The summed E-state index contributed by atoms with van der Waals surface area (Å²) in [6.45, 7) is 2.07. The number of hydrogen-bond acceptors (Lipinski definition) is 2. The third-order valence-corrected chi connectivity index (χ3v) is 3.75. The molecular formula is C18H14N2O. The van der Waals surface area contributed by atoms with Crippen molar-refractivity contribution in [2.75, 3.05) is 0 Å². The predicted molar refractivity (Wildman–Crippen MR) is 84.5 cm³/mol. The van der Waals surface area contributed by atoms with E-state index in [9.17, 15) is 5.11 Å². The minimum atomic E-state index is 0.266. The molecule has 4 aromatic rings. The summed E-state index contributed by atoms with van der Waals surface area (Å²) in [5, 5.41) is 9.46. The molecule has 0 saturated carbocycles. The highest BCUT2D eigenvalue weighted by molar-refractivity contribution is 5.88. The maximum absolute atomic E-state index is 9.46. The van der Waals surface area contributed by atoms with Gasteiger partial charge in [-0.1, -0.05) is 6.07 Å². The van der Waals surface area contributed by atoms with Crippen LogP contribution in [0.15, 0.2) is 60.8 Å². The second-order valence-electron chi connectivity index (χ2n) is 5.26. The van der Waals surface area contributed by atoms with Crippen molar-refractivity contribution in [1.82, 2.24) is 9.38 Å². The van der Waals surface area contributed by atoms with Gasteiger partial charge in [-0.3, -0.25) is 0 Å². The number of nitrogens with zero attached hydrogens (tertiary/aromatic N) is 2. The molecule has 2 heterocycles. The number of aryl methyl sites for hydroxylation is 1. The summed E-state index contributed by atoms with van der Waals surface area (Å²) in [6, 6.07) is 17.6. The second-order valence-corrected chi connectivity index (χ2v) is 5.26. The lowest BCUT2D eigenvalue weighted by molar-refractivity contribution is 0.475. The van der Waals surface area contributed by atoms with E-state index in [0.717, 1.165) is 27.8 Å². The van der Waals surface area contributed by atoms with Crippen molar-refractivity contribution < 1.29 is 5.11 Å². The number of aromatic hydroxyl groups is 1. The Hall–Kier alpha value is -2.81. The van der Waals surface area contributed by atoms with E-state index in [4.69, 9.17) is 4.98 Å². The smallest absolute Gasteiger partial charge is 0.115 e. The van der Waals surface area contributed by atoms with Crippen molar-refractivity contribution in [3.8, 4) is 17.0 Å². The van der Waals surface area contributed by atoms with Gasteiger partial charge in [-0.25, -0.2) is 4.98 Å². The monoisotopic (exact) mass is 274 g/mol. The first-order valence-corrected chi connectivity index (χ1v) is 6.89. The molecule has 0 amide bonds. The highest BCUT2D eigenvalue weighted by Crippen LogP contribution is 2.28. The molecule has 0 radical (unpaired) electrons. The molecule has 3 heteroatoms. The molecule has 2 aromatic heterocycles. The normalized spacial score (nSPS) is 11.3. The minimum Gasteiger partial charge on any atom is -0.508 e. The van der Waals surface area contributed by atoms with E-state index >= 15 is 0 Å². The van der Waals surface area contributed by atoms with Gasteiger partial charge >= 0.3 is 0 Å². The summed E-state index contributed by atoms with van der Waals surface area (Å²) < 4.78 is 2.16. The summed E-state index contributed by atoms with van der Waals surface area (Å²) in [4.78, 5) is 4.83. The average molecular weight is 274 g/mol. The van der Waals surface area contributed by atoms with Crippen molar-refractivity contribution in [3.63, 3.8) is 0 Å². The maximum atomic E-state index is 9.46. The first-order valence-electron chi connectivity index (χ1n) is 6.89. The Bertz CT molecular complexity index is 952. The molecule has 0 aliphatic rings. The van der Waals surface area contributed by atoms with E-state index in [1.807, 2.05) is 18.2 Å². The van der Waals surface area contributed by atoms with E-state index in [0.29, 0.717) is 0 Å². The number of rotatable bonds is 1. The van der Waals surface area contributed by atoms with Crippen LogP contribution in [0.1, 0.15) is 5.56 Å². The molecule has 0 atom stereocenters. The molecule has 1 N–H and O–H groups in total. The van der Waals surface area contributed by atoms with Crippen molar-refractivity contribution in [3.05, 3.63) is 66.4 Å². The molecule has 0 aliphatic carbocycles. The van der Waals surface area contributed by atoms with Crippen LogP contribution in [0.25, 0.3) is 27.8 Å². The van der Waals surface area contributed by atoms with Crippen molar-refractivity contribution in [2.24, 2.45) is 0 Å². The molecule has 3 nitrogen and oxygen atoms in total. The fraction of sp³-hybridized carbons (Fsp3) is 0.0556. The Balaban J connectivity index is 2.10. The largest absolute Gasteiger partial charge is 0.508 e. The number of fused-ring (bicyclic) bond motifs is 3. The molecule has 0 spiro atoms. The highest BCUT2D eigenvalue weighted by Gasteiger charge is 2.10. The SMILES string of the molecule is Cc1ccc2c(c1)nc(-c1ccc(O)cc1)c1cccn12. The van der Waals surface area contributed by atoms with Crippen LogP contribution in [0, 0.1) is 6.92 Å². The number of hydrogen-bond donors (Lipinski definition) is 1. The Labute approximate surface area is 122 Å². The molecule has 0 fully saturated rings. The summed E-state index contributed by atoms with van der Waals surface area (Å²) >= 11 is 0. The van der Waals surface area contributed by atoms with E-state index < -0.39 is 0 Å². The molecule has 0 bridgehead atoms. The zero-order valence-electron chi connectivity index (χ0n) is 11.6. The van der Waals surface area contributed by atoms with Crippen LogP contribution in [-0.4, -0.2) is 14.5 Å². The zero-order chi connectivity index (χ0) is 14.4. The standard InChI is InChI=1S/C18H14N2O/c1-12-4-9-16-15(11-12)19-18(17-3-2-10-20(16)17)13-5-7-14(21)8-6-13/h2-11,21H,1H3. The summed E-state index contributed by atoms with van der Waals surface area (Å²) in [5.74, 6) is 0.266. The Morgan fingerprint density at radius 3 is 2.57 bits per heavy atom. The third kappa shape index (κ3) is 1.86. The van der Waals surface area contributed by atoms with Gasteiger partial charge in [0.15, 0.2) is 0 Å². The van der Waals surface area contributed by atoms with Gasteiger partial charge in [0.05, 0.1) is 22.2 Å². The van der Waals surface area contributed by atoms with Crippen LogP contribution in [0.5, 0.6) is 5.75 Å². The molecule has 21 heavy (non-hydrogen) atoms. The Kier molecular flexibility index (Phi) is 2.48. The van der Waals surface area contributed by atoms with Gasteiger partial charge in [0.2, 0.25) is 0 Å². The minimum absolute atomic E-state index is 0.266. The number of aromatic nitrogens is 2. The van der Waals surface area contributed by atoms with Crippen molar-refractivity contribution in [2.45, 2.75) is 6.92 Å². The van der Waals surface area contributed by atoms with Gasteiger partial charge in [0.25, 0.3) is 0 Å². The van der Waals surface area contributed by atoms with E-state index in [1.165, 1.54) is 5.56 Å². The van der Waals surface area contributed by atoms with Gasteiger partial charge in [-0.2, -0.15) is 0 Å². The van der Waals surface area contributed by atoms with E-state index in [-0.39, 0.29) is 5.75 Å². The fourth-order valence-electron chi connectivity index (χ4n) is 2.72. The third-order valence-electron chi connectivity index (χ3n) is 3.75. The van der Waals surface area contributed by atoms with Gasteiger partial charge < -0.3 is 9.51 Å². The first kappa shape index (κ1) is 12.0. The summed E-state index contributed by atoms with van der Waals surface area (Å²) in [5.41, 5.74) is 6.26. The number of phenolic OH excluding ortho intramolecular Hbond substituents is 1. The van der Waals surface area contributed by atoms with Gasteiger partial charge in [-0.15, -0.1) is 0 Å². The first-order chi connectivity index (χ1) is 10.2. The fourth-order valence-corrected chi connectivity index (χ4v) is 2.72. The molecule has 0 aliphatic heterocycles. The molecular weight excluding hydrogens is 260 g/mol. The zero-order valence-corrected chi connectivity index (χ0v) is 11.6. The van der Waals surface area contributed by atoms with Crippen LogP contribution < -0.4 is 0 Å². The summed E-state index contributed by atoms with van der Waals surface area (Å²) in [7, 11) is 0. The van der Waals surface area contributed by atoms with Gasteiger partial charge in [0.1, 0.15) is 5.75 Å². The molecule has 102 valence electrons. The van der Waals surface area contributed by atoms with Crippen LogP contribution >= 0.6 is 0 Å². The lowest BCUT2D eigenvalue weighted by Crippen LogP contribution is -1.94. The van der Waals surface area contributed by atoms with Crippen LogP contribution in [-0.2, 0) is 0 Å². The number of benzene rings is 2. The Morgan fingerprint density at radius 1 is 0.952 bits per heavy atom. The molecule has 4 rings (SSSR count). The molecule has 2 aromatic carbocycles. The van der Waals surface area contributed by atoms with Crippen LogP contribution in [0.2, 0.25) is 0 Å². The van der Waals surface area contributed by atoms with Gasteiger partial charge in [-0.05, 0) is 61.0 Å². The Morgan fingerprint density at radius 2 is 1.76 bits per heavy atom. The average Bonchev–Trinajstić information content (AvgIpc) is 2.96. The number of phenols is 1. The highest BCUT2D eigenvalue weighted by atomic mass is 16.3. The van der Waals surface area contributed by atoms with Crippen LogP contribution in [0.4, 0.5) is 0 Å². The topological polar surface area (TPSA) is 37.5 Å². The quantitative estimate of drug-likeness (QED) is 0.565. The van der Waals surface area contributed by atoms with Crippen molar-refractivity contribution >= 4 is 16.6 Å². The summed E-state index contributed by atoms with van der Waals surface area (Å²) in [6.07, 6.45) is 2.05. The molecule has 0 saturated heterocycles. The molecule has 0 unspecified atom stereocenters. The maximum Gasteiger partial charge on any atom is 0.115 e. The second kappa shape index (κ2) is 4.35. The predicted octanol–water partition coefficient (Wildman–Crippen LogP) is 4.17.